The molecule has 3 unspecified atom stereocenters. The minimum atomic E-state index is -1.07. The second kappa shape index (κ2) is 14.0. The molecule has 34 heavy (non-hydrogen) atoms. The van der Waals surface area contributed by atoms with Crippen molar-refractivity contribution in [2.75, 3.05) is 26.2 Å². The van der Waals surface area contributed by atoms with Gasteiger partial charge in [-0.25, -0.2) is 4.79 Å². The first-order valence-electron chi connectivity index (χ1n) is 11.1. The smallest absolute Gasteiger partial charge is 0.326 e. The maximum absolute atomic E-state index is 13.1. The Bertz CT molecular complexity index is 781. The summed E-state index contributed by atoms with van der Waals surface area (Å²) < 4.78 is 0. The highest BCUT2D eigenvalue weighted by Gasteiger charge is 2.39. The lowest BCUT2D eigenvalue weighted by atomic mass is 10.1. The normalized spacial score (nSPS) is 20.1. The van der Waals surface area contributed by atoms with Gasteiger partial charge in [0.1, 0.15) is 18.1 Å². The van der Waals surface area contributed by atoms with Crippen molar-refractivity contribution in [3.8, 4) is 0 Å². The van der Waals surface area contributed by atoms with Gasteiger partial charge in [-0.2, -0.15) is 0 Å². The summed E-state index contributed by atoms with van der Waals surface area (Å²) in [6, 6.07) is -2.53. The average molecular weight is 486 g/mol. The van der Waals surface area contributed by atoms with E-state index in [2.05, 4.69) is 10.3 Å². The second-order valence-corrected chi connectivity index (χ2v) is 8.01. The van der Waals surface area contributed by atoms with Gasteiger partial charge in [-0.3, -0.25) is 24.2 Å². The molecular weight excluding hydrogens is 450 g/mol. The fourth-order valence-corrected chi connectivity index (χ4v) is 3.97. The molecule has 3 atom stereocenters. The number of nitrogens with one attached hydrogen (secondary N) is 1. The summed E-state index contributed by atoms with van der Waals surface area (Å²) in [6.07, 6.45) is 2.75. The lowest BCUT2D eigenvalue weighted by Gasteiger charge is -2.29. The van der Waals surface area contributed by atoms with Crippen LogP contribution in [0.1, 0.15) is 45.4 Å². The number of hydrogen-bond acceptors (Lipinski definition) is 7. The third-order valence-corrected chi connectivity index (χ3v) is 5.43. The number of carbonyl (C=O) groups excluding carboxylic acids is 3. The van der Waals surface area contributed by atoms with Gasteiger partial charge in [-0.05, 0) is 38.5 Å². The molecule has 2 fully saturated rings. The Morgan fingerprint density at radius 1 is 1.03 bits per heavy atom. The van der Waals surface area contributed by atoms with Gasteiger partial charge in [-0.1, -0.05) is 0 Å². The summed E-state index contributed by atoms with van der Waals surface area (Å²) in [5, 5.41) is 19.5. The quantitative estimate of drug-likeness (QED) is 0.115. The number of nitrogens with zero attached hydrogens (tertiary/aromatic N) is 3. The van der Waals surface area contributed by atoms with E-state index in [1.54, 1.807) is 0 Å². The molecular formula is C20H35N7O7. The third-order valence-electron chi connectivity index (χ3n) is 5.43. The van der Waals surface area contributed by atoms with Gasteiger partial charge < -0.3 is 42.5 Å². The van der Waals surface area contributed by atoms with Crippen LogP contribution >= 0.6 is 0 Å². The van der Waals surface area contributed by atoms with Crippen molar-refractivity contribution in [3.05, 3.63) is 0 Å². The van der Waals surface area contributed by atoms with Crippen LogP contribution in [0, 0.1) is 0 Å². The summed E-state index contributed by atoms with van der Waals surface area (Å²) in [6.45, 7) is 1.91. The van der Waals surface area contributed by atoms with E-state index in [4.69, 9.17) is 27.1 Å². The van der Waals surface area contributed by atoms with Crippen LogP contribution < -0.4 is 22.5 Å². The fourth-order valence-electron chi connectivity index (χ4n) is 3.97. The number of aliphatic imine (C=N–C) groups is 1. The summed E-state index contributed by atoms with van der Waals surface area (Å²) in [5.74, 6) is -3.20. The molecule has 14 heteroatoms. The van der Waals surface area contributed by atoms with Crippen molar-refractivity contribution in [3.63, 3.8) is 0 Å². The van der Waals surface area contributed by atoms with Crippen molar-refractivity contribution < 1.29 is 34.2 Å². The Morgan fingerprint density at radius 2 is 1.59 bits per heavy atom. The Balaban J connectivity index is 0.00000133. The van der Waals surface area contributed by atoms with Crippen LogP contribution in [-0.2, 0) is 24.0 Å². The monoisotopic (exact) mass is 485 g/mol. The van der Waals surface area contributed by atoms with Crippen molar-refractivity contribution in [2.24, 2.45) is 22.2 Å². The van der Waals surface area contributed by atoms with Crippen molar-refractivity contribution in [1.29, 1.82) is 0 Å². The van der Waals surface area contributed by atoms with Gasteiger partial charge in [0, 0.05) is 26.6 Å². The number of carboxylic acid groups (broad SMARTS) is 2. The van der Waals surface area contributed by atoms with Crippen LogP contribution in [0.4, 0.5) is 0 Å². The first-order chi connectivity index (χ1) is 16.0. The van der Waals surface area contributed by atoms with Crippen LogP contribution in [0.15, 0.2) is 4.99 Å². The van der Waals surface area contributed by atoms with E-state index in [1.165, 1.54) is 9.80 Å². The Morgan fingerprint density at radius 3 is 2.12 bits per heavy atom. The zero-order chi connectivity index (χ0) is 25.8. The molecule has 0 radical (unpaired) electrons. The summed E-state index contributed by atoms with van der Waals surface area (Å²) in [5.41, 5.74) is 16.0. The number of amides is 3. The lowest BCUT2D eigenvalue weighted by Crippen LogP contribution is -2.55. The van der Waals surface area contributed by atoms with E-state index >= 15 is 0 Å². The second-order valence-electron chi connectivity index (χ2n) is 8.01. The van der Waals surface area contributed by atoms with E-state index in [0.717, 1.165) is 6.92 Å². The summed E-state index contributed by atoms with van der Waals surface area (Å²) in [7, 11) is 0. The average Bonchev–Trinajstić information content (AvgIpc) is 3.44. The number of nitrogens with two attached hydrogens (primary N) is 3. The maximum atomic E-state index is 13.1. The van der Waals surface area contributed by atoms with Gasteiger partial charge in [-0.15, -0.1) is 0 Å². The number of aliphatic carboxylic acids is 2. The van der Waals surface area contributed by atoms with Crippen LogP contribution in [0.25, 0.3) is 0 Å². The standard InChI is InChI=1S/C18H31N7O5.C2H4O2/c19-10-14(26)24-8-2-5-12(24)15(27)23-11(4-1-7-22-18(20)21)16(28)25-9-3-6-13(25)17(29)30;1-2(3)4/h11-13H,1-10,19H2,(H,23,27)(H,29,30)(H4,20,21,22);1H3,(H,3,4). The van der Waals surface area contributed by atoms with E-state index in [1.807, 2.05) is 0 Å². The minimum absolute atomic E-state index is 0.0747. The zero-order valence-corrected chi connectivity index (χ0v) is 19.3. The fraction of sp³-hybridized carbons (Fsp3) is 0.700. The predicted octanol–water partition coefficient (Wildman–Crippen LogP) is -2.36. The van der Waals surface area contributed by atoms with Crippen LogP contribution in [0.2, 0.25) is 0 Å². The zero-order valence-electron chi connectivity index (χ0n) is 19.3. The molecule has 192 valence electrons. The molecule has 0 spiro atoms. The number of carboxylic acids is 2. The third kappa shape index (κ3) is 8.84. The highest BCUT2D eigenvalue weighted by molar-refractivity contribution is 5.94. The van der Waals surface area contributed by atoms with Crippen molar-refractivity contribution in [2.45, 2.75) is 63.6 Å². The van der Waals surface area contributed by atoms with Crippen LogP contribution in [-0.4, -0.2) is 99.9 Å². The highest BCUT2D eigenvalue weighted by atomic mass is 16.4. The van der Waals surface area contributed by atoms with E-state index < -0.39 is 41.9 Å². The molecule has 3 amide bonds. The number of guanidine groups is 1. The van der Waals surface area contributed by atoms with E-state index in [9.17, 15) is 24.3 Å². The topological polar surface area (TPSA) is 235 Å². The van der Waals surface area contributed by atoms with Gasteiger partial charge in [0.15, 0.2) is 5.96 Å². The first-order valence-corrected chi connectivity index (χ1v) is 11.1. The van der Waals surface area contributed by atoms with Gasteiger partial charge in [0.05, 0.1) is 6.54 Å². The number of hydrogen-bond donors (Lipinski definition) is 6. The molecule has 2 aliphatic heterocycles. The minimum Gasteiger partial charge on any atom is -0.481 e. The first kappa shape index (κ1) is 28.6. The van der Waals surface area contributed by atoms with Gasteiger partial charge >= 0.3 is 5.97 Å². The predicted molar refractivity (Wildman–Crippen MR) is 121 cm³/mol. The molecule has 2 saturated heterocycles. The van der Waals surface area contributed by atoms with Crippen LogP contribution in [0.3, 0.4) is 0 Å². The Labute approximate surface area is 197 Å². The largest absolute Gasteiger partial charge is 0.481 e. The molecule has 0 saturated carbocycles. The molecule has 9 N–H and O–H groups in total. The molecule has 2 heterocycles. The molecule has 2 rings (SSSR count). The summed E-state index contributed by atoms with van der Waals surface area (Å²) >= 11 is 0. The van der Waals surface area contributed by atoms with E-state index in [-0.39, 0.29) is 31.4 Å². The van der Waals surface area contributed by atoms with E-state index in [0.29, 0.717) is 45.2 Å². The molecule has 2 aliphatic rings. The molecule has 0 aromatic heterocycles. The molecule has 14 nitrogen and oxygen atoms in total. The lowest BCUT2D eigenvalue weighted by molar-refractivity contribution is -0.149. The number of carbonyl (C=O) groups is 5. The highest BCUT2D eigenvalue weighted by Crippen LogP contribution is 2.21. The molecule has 0 aliphatic carbocycles. The molecule has 0 aromatic rings. The SMILES string of the molecule is CC(=O)O.NCC(=O)N1CCCC1C(=O)NC(CCCN=C(N)N)C(=O)N1CCCC1C(=O)O. The number of rotatable bonds is 9. The molecule has 0 bridgehead atoms. The maximum Gasteiger partial charge on any atom is 0.326 e. The van der Waals surface area contributed by atoms with Crippen molar-refractivity contribution >= 4 is 35.6 Å². The van der Waals surface area contributed by atoms with Gasteiger partial charge in [0.2, 0.25) is 17.7 Å². The molecule has 0 aromatic carbocycles. The van der Waals surface area contributed by atoms with Crippen molar-refractivity contribution in [1.82, 2.24) is 15.1 Å². The Kier molecular flexibility index (Phi) is 11.8. The van der Waals surface area contributed by atoms with Gasteiger partial charge in [0.25, 0.3) is 5.97 Å². The number of likely N-dealkylation sites (tertiary alicyclic amines) is 2. The Hall–Kier alpha value is -3.42. The summed E-state index contributed by atoms with van der Waals surface area (Å²) in [4.78, 5) is 65.0. The van der Waals surface area contributed by atoms with Crippen LogP contribution in [0.5, 0.6) is 0 Å².